The zero-order valence-corrected chi connectivity index (χ0v) is 17.3. The van der Waals surface area contributed by atoms with Crippen molar-refractivity contribution >= 4 is 51.9 Å². The number of hydrogen-bond acceptors (Lipinski definition) is 9. The fraction of sp³-hybridized carbons (Fsp3) is 0.211. The first-order chi connectivity index (χ1) is 14.3. The molecule has 0 bridgehead atoms. The van der Waals surface area contributed by atoms with Gasteiger partial charge in [0.15, 0.2) is 0 Å². The van der Waals surface area contributed by atoms with Gasteiger partial charge in [0.1, 0.15) is 21.6 Å². The van der Waals surface area contributed by atoms with Gasteiger partial charge in [0, 0.05) is 18.6 Å². The van der Waals surface area contributed by atoms with Gasteiger partial charge in [0.05, 0.1) is 28.6 Å². The van der Waals surface area contributed by atoms with Gasteiger partial charge in [-0.1, -0.05) is 24.0 Å². The lowest BCUT2D eigenvalue weighted by molar-refractivity contribution is -0.384. The molecule has 1 aromatic carbocycles. The number of carbonyl (C=O) groups excluding carboxylic acids is 2. The second-order valence-electron chi connectivity index (χ2n) is 6.15. The van der Waals surface area contributed by atoms with Crippen LogP contribution in [0.15, 0.2) is 39.7 Å². The van der Waals surface area contributed by atoms with Crippen molar-refractivity contribution in [2.24, 2.45) is 0 Å². The minimum atomic E-state index is -1.19. The number of thiocarbonyl (C=S) groups is 1. The molecule has 0 atom stereocenters. The highest BCUT2D eigenvalue weighted by Crippen LogP contribution is 2.36. The van der Waals surface area contributed by atoms with Crippen molar-refractivity contribution in [3.05, 3.63) is 51.1 Å². The van der Waals surface area contributed by atoms with Gasteiger partial charge in [-0.3, -0.25) is 19.8 Å². The third-order valence-corrected chi connectivity index (χ3v) is 5.58. The van der Waals surface area contributed by atoms with E-state index in [-0.39, 0.29) is 42.3 Å². The van der Waals surface area contributed by atoms with Crippen molar-refractivity contribution in [3.8, 4) is 17.1 Å². The number of carboxylic acids is 1. The number of thioether (sulfide) groups is 1. The van der Waals surface area contributed by atoms with Gasteiger partial charge in [-0.25, -0.2) is 0 Å². The van der Waals surface area contributed by atoms with E-state index in [9.17, 15) is 24.8 Å². The maximum Gasteiger partial charge on any atom is 0.284 e. The quantitative estimate of drug-likeness (QED) is 0.260. The standard InChI is InChI=1S/C19H16N2O7S2/c1-27-11-4-6-13(14(9-11)21(25)26)15-7-5-12(28-15)10-16-18(24)20(19(29)30-16)8-2-3-17(22)23/h4-7,9-10H,2-3,8H2,1H3,(H,22,23)/p-1. The molecule has 1 amide bonds. The lowest BCUT2D eigenvalue weighted by Gasteiger charge is -2.14. The van der Waals surface area contributed by atoms with Crippen molar-refractivity contribution in [1.82, 2.24) is 4.90 Å². The summed E-state index contributed by atoms with van der Waals surface area (Å²) < 4.78 is 11.0. The molecule has 0 spiro atoms. The minimum Gasteiger partial charge on any atom is -0.550 e. The number of hydrogen-bond donors (Lipinski definition) is 0. The van der Waals surface area contributed by atoms with Crippen molar-refractivity contribution in [2.45, 2.75) is 12.8 Å². The molecule has 0 radical (unpaired) electrons. The van der Waals surface area contributed by atoms with E-state index in [2.05, 4.69) is 0 Å². The minimum absolute atomic E-state index is 0.168. The first-order valence-electron chi connectivity index (χ1n) is 8.68. The van der Waals surface area contributed by atoms with Crippen LogP contribution in [0.5, 0.6) is 5.75 Å². The molecule has 3 rings (SSSR count). The Morgan fingerprint density at radius 1 is 1.37 bits per heavy atom. The number of nitro benzene ring substituents is 1. The van der Waals surface area contributed by atoms with Gasteiger partial charge in [0.2, 0.25) is 0 Å². The smallest absolute Gasteiger partial charge is 0.284 e. The summed E-state index contributed by atoms with van der Waals surface area (Å²) in [6.45, 7) is 0.178. The molecule has 0 saturated carbocycles. The van der Waals surface area contributed by atoms with E-state index in [0.717, 1.165) is 11.8 Å². The average Bonchev–Trinajstić information content (AvgIpc) is 3.27. The van der Waals surface area contributed by atoms with Gasteiger partial charge in [0.25, 0.3) is 11.6 Å². The highest BCUT2D eigenvalue weighted by Gasteiger charge is 2.32. The monoisotopic (exact) mass is 447 g/mol. The molecule has 1 saturated heterocycles. The predicted octanol–water partition coefficient (Wildman–Crippen LogP) is 2.59. The largest absolute Gasteiger partial charge is 0.550 e. The molecule has 9 nitrogen and oxygen atoms in total. The first kappa shape index (κ1) is 21.5. The van der Waals surface area contributed by atoms with Crippen molar-refractivity contribution in [1.29, 1.82) is 0 Å². The summed E-state index contributed by atoms with van der Waals surface area (Å²) in [4.78, 5) is 35.6. The molecule has 156 valence electrons. The molecule has 1 aromatic heterocycles. The molecular formula is C19H15N2O7S2-. The Balaban J connectivity index is 1.81. The molecule has 30 heavy (non-hydrogen) atoms. The van der Waals surface area contributed by atoms with E-state index < -0.39 is 10.9 Å². The second kappa shape index (κ2) is 9.09. The van der Waals surface area contributed by atoms with Crippen LogP contribution < -0.4 is 9.84 Å². The molecule has 1 fully saturated rings. The average molecular weight is 447 g/mol. The van der Waals surface area contributed by atoms with Gasteiger partial charge < -0.3 is 19.1 Å². The van der Waals surface area contributed by atoms with E-state index in [1.54, 1.807) is 18.2 Å². The number of aliphatic carboxylic acids is 1. The SMILES string of the molecule is COc1ccc(-c2ccc(C=C3SC(=S)N(CCCC(=O)[O-])C3=O)o2)c([N+](=O)[O-])c1. The molecule has 0 unspecified atom stereocenters. The van der Waals surface area contributed by atoms with Crippen LogP contribution in [-0.4, -0.2) is 39.7 Å². The summed E-state index contributed by atoms with van der Waals surface area (Å²) in [6, 6.07) is 7.57. The predicted molar refractivity (Wildman–Crippen MR) is 111 cm³/mol. The number of carbonyl (C=O) groups is 2. The number of carboxylic acid groups (broad SMARTS) is 1. The Bertz CT molecular complexity index is 1060. The zero-order valence-electron chi connectivity index (χ0n) is 15.7. The maximum absolute atomic E-state index is 12.5. The van der Waals surface area contributed by atoms with E-state index in [1.807, 2.05) is 0 Å². The van der Waals surface area contributed by atoms with Crippen LogP contribution in [0, 0.1) is 10.1 Å². The van der Waals surface area contributed by atoms with Crippen molar-refractivity contribution in [2.75, 3.05) is 13.7 Å². The van der Waals surface area contributed by atoms with E-state index >= 15 is 0 Å². The van der Waals surface area contributed by atoms with Crippen LogP contribution in [-0.2, 0) is 9.59 Å². The number of furan rings is 1. The molecule has 11 heteroatoms. The van der Waals surface area contributed by atoms with E-state index in [1.165, 1.54) is 30.2 Å². The summed E-state index contributed by atoms with van der Waals surface area (Å²) in [5.41, 5.74) is 0.102. The third kappa shape index (κ3) is 4.69. The van der Waals surface area contributed by atoms with E-state index in [0.29, 0.717) is 20.7 Å². The number of benzene rings is 1. The van der Waals surface area contributed by atoms with E-state index in [4.69, 9.17) is 21.4 Å². The molecule has 0 aliphatic carbocycles. The highest BCUT2D eigenvalue weighted by atomic mass is 32.2. The number of amides is 1. The Hall–Kier alpha value is -3.18. The molecule has 1 aliphatic rings. The van der Waals surface area contributed by atoms with Crippen LogP contribution in [0.25, 0.3) is 17.4 Å². The van der Waals surface area contributed by atoms with Gasteiger partial charge >= 0.3 is 0 Å². The molecule has 2 heterocycles. The molecular weight excluding hydrogens is 432 g/mol. The zero-order chi connectivity index (χ0) is 21.8. The topological polar surface area (TPSA) is 126 Å². The van der Waals surface area contributed by atoms with Gasteiger partial charge in [-0.2, -0.15) is 0 Å². The lowest BCUT2D eigenvalue weighted by Crippen LogP contribution is -2.30. The van der Waals surface area contributed by atoms with Crippen LogP contribution in [0.4, 0.5) is 5.69 Å². The molecule has 0 N–H and O–H groups in total. The fourth-order valence-corrected chi connectivity index (χ4v) is 4.07. The summed E-state index contributed by atoms with van der Waals surface area (Å²) in [5.74, 6) is -0.603. The number of ether oxygens (including phenoxy) is 1. The Kier molecular flexibility index (Phi) is 6.53. The molecule has 1 aliphatic heterocycles. The number of nitro groups is 1. The Morgan fingerprint density at radius 2 is 2.13 bits per heavy atom. The summed E-state index contributed by atoms with van der Waals surface area (Å²) >= 11 is 6.26. The Labute approximate surface area is 180 Å². The van der Waals surface area contributed by atoms with Gasteiger partial charge in [-0.15, -0.1) is 0 Å². The number of rotatable bonds is 8. The lowest BCUT2D eigenvalue weighted by atomic mass is 10.1. The van der Waals surface area contributed by atoms with Gasteiger partial charge in [-0.05, 0) is 37.1 Å². The van der Waals surface area contributed by atoms with Crippen LogP contribution in [0.3, 0.4) is 0 Å². The summed E-state index contributed by atoms with van der Waals surface area (Å²) in [7, 11) is 1.42. The normalized spacial score (nSPS) is 15.1. The first-order valence-corrected chi connectivity index (χ1v) is 9.90. The Morgan fingerprint density at radius 3 is 2.80 bits per heavy atom. The van der Waals surface area contributed by atoms with Crippen LogP contribution in [0.1, 0.15) is 18.6 Å². The number of nitrogens with zero attached hydrogens (tertiary/aromatic N) is 2. The van der Waals surface area contributed by atoms with Crippen LogP contribution >= 0.6 is 24.0 Å². The highest BCUT2D eigenvalue weighted by molar-refractivity contribution is 8.26. The van der Waals surface area contributed by atoms with Crippen LogP contribution in [0.2, 0.25) is 0 Å². The maximum atomic E-state index is 12.5. The van der Waals surface area contributed by atoms with Crippen molar-refractivity contribution < 1.29 is 28.8 Å². The second-order valence-corrected chi connectivity index (χ2v) is 7.83. The number of methoxy groups -OCH3 is 1. The molecule has 2 aromatic rings. The van der Waals surface area contributed by atoms with Crippen molar-refractivity contribution in [3.63, 3.8) is 0 Å². The summed E-state index contributed by atoms with van der Waals surface area (Å²) in [6.07, 6.45) is 1.56. The third-order valence-electron chi connectivity index (χ3n) is 4.20. The fourth-order valence-electron chi connectivity index (χ4n) is 2.78. The summed E-state index contributed by atoms with van der Waals surface area (Å²) in [5, 5.41) is 21.9.